The Kier molecular flexibility index (Phi) is 5.21. The van der Waals surface area contributed by atoms with Crippen molar-refractivity contribution in [3.05, 3.63) is 55.4 Å². The second-order valence-electron chi connectivity index (χ2n) is 7.17. The number of H-pyrrole nitrogens is 1. The van der Waals surface area contributed by atoms with Gasteiger partial charge < -0.3 is 14.6 Å². The normalized spacial score (nSPS) is 14.9. The summed E-state index contributed by atoms with van der Waals surface area (Å²) in [4.78, 5) is 23.9. The van der Waals surface area contributed by atoms with E-state index in [9.17, 15) is 4.79 Å². The predicted molar refractivity (Wildman–Crippen MR) is 109 cm³/mol. The lowest BCUT2D eigenvalue weighted by Gasteiger charge is -2.16. The third-order valence-electron chi connectivity index (χ3n) is 5.08. The van der Waals surface area contributed by atoms with Crippen LogP contribution in [0.25, 0.3) is 10.2 Å². The van der Waals surface area contributed by atoms with Crippen LogP contribution >= 0.6 is 22.9 Å². The van der Waals surface area contributed by atoms with Gasteiger partial charge in [-0.25, -0.2) is 4.98 Å². The van der Waals surface area contributed by atoms with E-state index in [1.807, 2.05) is 18.2 Å². The van der Waals surface area contributed by atoms with Crippen LogP contribution < -0.4 is 15.2 Å². The van der Waals surface area contributed by atoms with Gasteiger partial charge in [0.25, 0.3) is 5.56 Å². The van der Waals surface area contributed by atoms with Crippen LogP contribution in [0, 0.1) is 0 Å². The first-order valence-corrected chi connectivity index (χ1v) is 10.4. The van der Waals surface area contributed by atoms with Crippen LogP contribution in [0.15, 0.2) is 23.0 Å². The first kappa shape index (κ1) is 18.5. The van der Waals surface area contributed by atoms with Gasteiger partial charge in [0.2, 0.25) is 0 Å². The monoisotopic (exact) mass is 404 g/mol. The van der Waals surface area contributed by atoms with Gasteiger partial charge in [-0.05, 0) is 49.4 Å². The Labute approximate surface area is 167 Å². The van der Waals surface area contributed by atoms with Gasteiger partial charge in [-0.3, -0.25) is 4.79 Å². The molecule has 1 aromatic carbocycles. The Hall–Kier alpha value is -1.89. The van der Waals surface area contributed by atoms with Crippen molar-refractivity contribution in [2.45, 2.75) is 38.8 Å². The van der Waals surface area contributed by atoms with E-state index in [0.29, 0.717) is 11.6 Å². The Morgan fingerprint density at radius 2 is 2.11 bits per heavy atom. The van der Waals surface area contributed by atoms with E-state index in [4.69, 9.17) is 21.3 Å². The number of aromatic amines is 1. The van der Waals surface area contributed by atoms with E-state index in [1.165, 1.54) is 21.8 Å². The molecule has 5 nitrogen and oxygen atoms in total. The fourth-order valence-corrected chi connectivity index (χ4v) is 5.33. The summed E-state index contributed by atoms with van der Waals surface area (Å²) in [5, 5.41) is 1.50. The van der Waals surface area contributed by atoms with Crippen LogP contribution in [-0.2, 0) is 25.9 Å². The minimum absolute atomic E-state index is 0.00235. The molecule has 0 aliphatic heterocycles. The summed E-state index contributed by atoms with van der Waals surface area (Å²) in [6, 6.07) is 5.63. The number of fused-ring (bicyclic) bond motifs is 3. The molecule has 142 valence electrons. The fraction of sp³-hybridized carbons (Fsp3) is 0.400. The predicted octanol–water partition coefficient (Wildman–Crippen LogP) is 2.74. The Bertz CT molecular complexity index is 1040. The molecule has 0 bridgehead atoms. The Balaban J connectivity index is 1.58. The average Bonchev–Trinajstić information content (AvgIpc) is 3.00. The summed E-state index contributed by atoms with van der Waals surface area (Å²) in [6.07, 6.45) is 4.44. The van der Waals surface area contributed by atoms with Crippen LogP contribution in [0.3, 0.4) is 0 Å². The molecule has 1 unspecified atom stereocenters. The number of ether oxygens (including phenoxy) is 1. The molecule has 0 radical (unpaired) electrons. The SMILES string of the molecule is COc1ccc(Cl)cc1C[NH+](C)Cc1nc2sc3c(c2c(=O)[nH]1)CCCC3. The Morgan fingerprint density at radius 1 is 1.30 bits per heavy atom. The molecule has 1 aliphatic rings. The van der Waals surface area contributed by atoms with Crippen molar-refractivity contribution in [1.29, 1.82) is 0 Å². The third-order valence-corrected chi connectivity index (χ3v) is 6.50. The van der Waals surface area contributed by atoms with Gasteiger partial charge in [0.15, 0.2) is 5.82 Å². The van der Waals surface area contributed by atoms with Crippen molar-refractivity contribution in [3.63, 3.8) is 0 Å². The molecule has 0 spiro atoms. The zero-order valence-corrected chi connectivity index (χ0v) is 17.1. The summed E-state index contributed by atoms with van der Waals surface area (Å²) in [7, 11) is 3.73. The van der Waals surface area contributed by atoms with Crippen LogP contribution in [0.4, 0.5) is 0 Å². The minimum atomic E-state index is 0.00235. The number of nitrogens with zero attached hydrogens (tertiary/aromatic N) is 1. The molecular weight excluding hydrogens is 382 g/mol. The zero-order valence-electron chi connectivity index (χ0n) is 15.5. The van der Waals surface area contributed by atoms with Gasteiger partial charge in [0.05, 0.1) is 19.5 Å². The van der Waals surface area contributed by atoms with Crippen molar-refractivity contribution in [2.24, 2.45) is 0 Å². The van der Waals surface area contributed by atoms with E-state index in [1.54, 1.807) is 18.4 Å². The molecule has 3 aromatic rings. The highest BCUT2D eigenvalue weighted by molar-refractivity contribution is 7.18. The average molecular weight is 405 g/mol. The lowest BCUT2D eigenvalue weighted by Crippen LogP contribution is -3.06. The molecule has 0 saturated carbocycles. The summed E-state index contributed by atoms with van der Waals surface area (Å²) >= 11 is 7.82. The number of hydrogen-bond donors (Lipinski definition) is 2. The molecular formula is C20H23ClN3O2S+. The summed E-state index contributed by atoms with van der Waals surface area (Å²) < 4.78 is 5.43. The molecule has 4 rings (SSSR count). The molecule has 2 N–H and O–H groups in total. The molecule has 1 aliphatic carbocycles. The lowest BCUT2D eigenvalue weighted by molar-refractivity contribution is -0.908. The molecule has 0 amide bonds. The van der Waals surface area contributed by atoms with E-state index in [2.05, 4.69) is 12.0 Å². The van der Waals surface area contributed by atoms with Crippen molar-refractivity contribution >= 4 is 33.2 Å². The molecule has 0 fully saturated rings. The zero-order chi connectivity index (χ0) is 19.0. The number of hydrogen-bond acceptors (Lipinski definition) is 4. The number of benzene rings is 1. The quantitative estimate of drug-likeness (QED) is 0.687. The number of thiophene rings is 1. The second kappa shape index (κ2) is 7.62. The van der Waals surface area contributed by atoms with Crippen LogP contribution in [-0.4, -0.2) is 24.1 Å². The summed E-state index contributed by atoms with van der Waals surface area (Å²) in [5.41, 5.74) is 2.27. The first-order valence-electron chi connectivity index (χ1n) is 9.22. The van der Waals surface area contributed by atoms with Gasteiger partial charge in [-0.2, -0.15) is 0 Å². The molecule has 1 atom stereocenters. The van der Waals surface area contributed by atoms with E-state index in [0.717, 1.165) is 53.2 Å². The van der Waals surface area contributed by atoms with Crippen LogP contribution in [0.1, 0.15) is 34.7 Å². The van der Waals surface area contributed by atoms with E-state index in [-0.39, 0.29) is 5.56 Å². The molecule has 27 heavy (non-hydrogen) atoms. The maximum Gasteiger partial charge on any atom is 0.260 e. The highest BCUT2D eigenvalue weighted by atomic mass is 35.5. The number of rotatable bonds is 5. The highest BCUT2D eigenvalue weighted by Gasteiger charge is 2.20. The van der Waals surface area contributed by atoms with Gasteiger partial charge in [-0.1, -0.05) is 11.6 Å². The maximum atomic E-state index is 12.7. The minimum Gasteiger partial charge on any atom is -0.496 e. The number of halogens is 1. The first-order chi connectivity index (χ1) is 13.0. The largest absolute Gasteiger partial charge is 0.496 e. The Morgan fingerprint density at radius 3 is 2.93 bits per heavy atom. The van der Waals surface area contributed by atoms with Crippen LogP contribution in [0.2, 0.25) is 5.02 Å². The molecule has 2 heterocycles. The van der Waals surface area contributed by atoms with Crippen molar-refractivity contribution < 1.29 is 9.64 Å². The summed E-state index contributed by atoms with van der Waals surface area (Å²) in [6.45, 7) is 1.36. The van der Waals surface area contributed by atoms with Gasteiger partial charge in [0.1, 0.15) is 23.7 Å². The molecule has 7 heteroatoms. The molecule has 0 saturated heterocycles. The van der Waals surface area contributed by atoms with Gasteiger partial charge in [-0.15, -0.1) is 11.3 Å². The fourth-order valence-electron chi connectivity index (χ4n) is 3.85. The van der Waals surface area contributed by atoms with Crippen molar-refractivity contribution in [3.8, 4) is 5.75 Å². The highest BCUT2D eigenvalue weighted by Crippen LogP contribution is 2.33. The van der Waals surface area contributed by atoms with E-state index >= 15 is 0 Å². The number of aromatic nitrogens is 2. The topological polar surface area (TPSA) is 59.4 Å². The standard InChI is InChI=1S/C20H22ClN3O2S/c1-24(10-12-9-13(21)7-8-15(12)26-2)11-17-22-19(25)18-14-5-3-4-6-16(14)27-20(18)23-17/h7-9H,3-6,10-11H2,1-2H3,(H,22,23,25)/p+1. The summed E-state index contributed by atoms with van der Waals surface area (Å²) in [5.74, 6) is 1.55. The van der Waals surface area contributed by atoms with Crippen LogP contribution in [0.5, 0.6) is 5.75 Å². The number of methoxy groups -OCH3 is 1. The third kappa shape index (κ3) is 3.74. The number of quaternary nitrogens is 1. The van der Waals surface area contributed by atoms with Crippen molar-refractivity contribution in [1.82, 2.24) is 9.97 Å². The number of aryl methyl sites for hydroxylation is 2. The van der Waals surface area contributed by atoms with Gasteiger partial charge >= 0.3 is 0 Å². The lowest BCUT2D eigenvalue weighted by atomic mass is 9.97. The molecule has 2 aromatic heterocycles. The smallest absolute Gasteiger partial charge is 0.260 e. The second-order valence-corrected chi connectivity index (χ2v) is 8.69. The van der Waals surface area contributed by atoms with E-state index < -0.39 is 0 Å². The van der Waals surface area contributed by atoms with Crippen molar-refractivity contribution in [2.75, 3.05) is 14.2 Å². The van der Waals surface area contributed by atoms with Gasteiger partial charge in [0, 0.05) is 15.5 Å². The number of nitrogens with one attached hydrogen (secondary N) is 2. The maximum absolute atomic E-state index is 12.7.